The van der Waals surface area contributed by atoms with E-state index in [1.165, 1.54) is 0 Å². The van der Waals surface area contributed by atoms with Gasteiger partial charge in [-0.25, -0.2) is 0 Å². The third-order valence-corrected chi connectivity index (χ3v) is 3.68. The lowest BCUT2D eigenvalue weighted by Gasteiger charge is -2.26. The minimum Gasteiger partial charge on any atom is -0.384 e. The maximum Gasteiger partial charge on any atom is 0.126 e. The van der Waals surface area contributed by atoms with Crippen molar-refractivity contribution in [2.24, 2.45) is 5.73 Å². The molecule has 4 nitrogen and oxygen atoms in total. The van der Waals surface area contributed by atoms with Crippen LogP contribution in [0, 0.1) is 5.41 Å². The first-order chi connectivity index (χ1) is 8.97. The fourth-order valence-electron chi connectivity index (χ4n) is 2.07. The van der Waals surface area contributed by atoms with Gasteiger partial charge in [0.05, 0.1) is 5.56 Å². The van der Waals surface area contributed by atoms with Gasteiger partial charge in [-0.3, -0.25) is 5.41 Å². The molecular formula is C14H23BrN4. The van der Waals surface area contributed by atoms with E-state index in [0.717, 1.165) is 41.8 Å². The molecule has 0 aromatic heterocycles. The number of nitrogens with zero attached hydrogens (tertiary/aromatic N) is 2. The summed E-state index contributed by atoms with van der Waals surface area (Å²) in [6.45, 7) is 5.05. The van der Waals surface area contributed by atoms with Crippen molar-refractivity contribution in [3.63, 3.8) is 0 Å². The summed E-state index contributed by atoms with van der Waals surface area (Å²) in [4.78, 5) is 4.45. The molecule has 0 atom stereocenters. The molecule has 106 valence electrons. The van der Waals surface area contributed by atoms with Crippen LogP contribution in [-0.4, -0.2) is 44.5 Å². The van der Waals surface area contributed by atoms with E-state index < -0.39 is 0 Å². The number of benzene rings is 1. The Morgan fingerprint density at radius 3 is 2.53 bits per heavy atom. The van der Waals surface area contributed by atoms with Crippen molar-refractivity contribution in [2.45, 2.75) is 13.3 Å². The molecule has 0 spiro atoms. The highest BCUT2D eigenvalue weighted by Crippen LogP contribution is 2.27. The third kappa shape index (κ3) is 4.51. The van der Waals surface area contributed by atoms with Gasteiger partial charge in [0, 0.05) is 23.2 Å². The summed E-state index contributed by atoms with van der Waals surface area (Å²) in [7, 11) is 4.16. The number of nitrogens with one attached hydrogen (secondary N) is 1. The molecule has 0 fully saturated rings. The first-order valence-corrected chi connectivity index (χ1v) is 7.29. The number of hydrogen-bond donors (Lipinski definition) is 2. The summed E-state index contributed by atoms with van der Waals surface area (Å²) in [5, 5.41) is 7.74. The van der Waals surface area contributed by atoms with Gasteiger partial charge in [-0.2, -0.15) is 0 Å². The molecule has 5 heteroatoms. The van der Waals surface area contributed by atoms with E-state index in [-0.39, 0.29) is 5.84 Å². The van der Waals surface area contributed by atoms with Crippen molar-refractivity contribution in [2.75, 3.05) is 38.6 Å². The lowest BCUT2D eigenvalue weighted by atomic mass is 10.1. The number of rotatable bonds is 7. The molecule has 1 aromatic rings. The van der Waals surface area contributed by atoms with Gasteiger partial charge in [0.2, 0.25) is 0 Å². The number of nitrogen functional groups attached to an aromatic ring is 1. The Bertz CT molecular complexity index is 431. The van der Waals surface area contributed by atoms with E-state index in [0.29, 0.717) is 0 Å². The number of hydrogen-bond acceptors (Lipinski definition) is 3. The zero-order valence-corrected chi connectivity index (χ0v) is 13.5. The summed E-state index contributed by atoms with van der Waals surface area (Å²) in [5.41, 5.74) is 7.52. The average Bonchev–Trinajstić information content (AvgIpc) is 2.33. The molecule has 3 N–H and O–H groups in total. The Hall–Kier alpha value is -1.07. The van der Waals surface area contributed by atoms with E-state index in [1.807, 2.05) is 18.2 Å². The van der Waals surface area contributed by atoms with E-state index >= 15 is 0 Å². The fraction of sp³-hybridized carbons (Fsp3) is 0.500. The molecule has 0 saturated heterocycles. The van der Waals surface area contributed by atoms with Gasteiger partial charge in [-0.1, -0.05) is 6.07 Å². The van der Waals surface area contributed by atoms with Crippen LogP contribution in [-0.2, 0) is 0 Å². The van der Waals surface area contributed by atoms with Crippen LogP contribution < -0.4 is 10.6 Å². The molecular weight excluding hydrogens is 304 g/mol. The van der Waals surface area contributed by atoms with Crippen LogP contribution in [0.5, 0.6) is 0 Å². The summed E-state index contributed by atoms with van der Waals surface area (Å²) in [6.07, 6.45) is 1.09. The molecule has 0 aliphatic heterocycles. The van der Waals surface area contributed by atoms with Crippen molar-refractivity contribution in [3.05, 3.63) is 28.2 Å². The van der Waals surface area contributed by atoms with Gasteiger partial charge in [-0.05, 0) is 62.0 Å². The Labute approximate surface area is 124 Å². The highest BCUT2D eigenvalue weighted by Gasteiger charge is 2.14. The standard InChI is InChI=1S/C14H23BrN4/c1-4-19(10-6-9-18(2)3)12-8-5-7-11(15)13(12)14(16)17/h5,7-8H,4,6,9-10H2,1-3H3,(H3,16,17). The highest BCUT2D eigenvalue weighted by molar-refractivity contribution is 9.10. The van der Waals surface area contributed by atoms with E-state index in [1.54, 1.807) is 0 Å². The van der Waals surface area contributed by atoms with Crippen molar-refractivity contribution >= 4 is 27.5 Å². The second kappa shape index (κ2) is 7.50. The van der Waals surface area contributed by atoms with Gasteiger partial charge in [-0.15, -0.1) is 0 Å². The van der Waals surface area contributed by atoms with Crippen LogP contribution in [0.15, 0.2) is 22.7 Å². The van der Waals surface area contributed by atoms with Crippen LogP contribution >= 0.6 is 15.9 Å². The zero-order chi connectivity index (χ0) is 14.4. The largest absolute Gasteiger partial charge is 0.384 e. The van der Waals surface area contributed by atoms with Crippen LogP contribution in [0.25, 0.3) is 0 Å². The minimum absolute atomic E-state index is 0.105. The Morgan fingerprint density at radius 2 is 2.00 bits per heavy atom. The van der Waals surface area contributed by atoms with Crippen molar-refractivity contribution < 1.29 is 0 Å². The Kier molecular flexibility index (Phi) is 6.31. The summed E-state index contributed by atoms with van der Waals surface area (Å²) in [6, 6.07) is 5.94. The quantitative estimate of drug-likeness (QED) is 0.598. The minimum atomic E-state index is 0.105. The number of nitrogens with two attached hydrogens (primary N) is 1. The predicted octanol–water partition coefficient (Wildman–Crippen LogP) is 2.51. The maximum atomic E-state index is 7.74. The molecule has 0 saturated carbocycles. The molecule has 0 amide bonds. The molecule has 1 rings (SSSR count). The first-order valence-electron chi connectivity index (χ1n) is 6.50. The molecule has 0 aliphatic carbocycles. The molecule has 1 aromatic carbocycles. The SMILES string of the molecule is CCN(CCCN(C)C)c1cccc(Br)c1C(=N)N. The Morgan fingerprint density at radius 1 is 1.32 bits per heavy atom. The smallest absolute Gasteiger partial charge is 0.126 e. The van der Waals surface area contributed by atoms with Crippen LogP contribution in [0.3, 0.4) is 0 Å². The van der Waals surface area contributed by atoms with Crippen LogP contribution in [0.2, 0.25) is 0 Å². The predicted molar refractivity (Wildman–Crippen MR) is 86.2 cm³/mol. The molecule has 19 heavy (non-hydrogen) atoms. The molecule has 0 bridgehead atoms. The fourth-order valence-corrected chi connectivity index (χ4v) is 2.64. The Balaban J connectivity index is 2.92. The van der Waals surface area contributed by atoms with Gasteiger partial charge in [0.1, 0.15) is 5.84 Å². The summed E-state index contributed by atoms with van der Waals surface area (Å²) < 4.78 is 0.878. The second-order valence-corrected chi connectivity index (χ2v) is 5.64. The second-order valence-electron chi connectivity index (χ2n) is 4.78. The number of amidine groups is 1. The van der Waals surface area contributed by atoms with E-state index in [4.69, 9.17) is 11.1 Å². The van der Waals surface area contributed by atoms with Crippen molar-refractivity contribution in [1.29, 1.82) is 5.41 Å². The monoisotopic (exact) mass is 326 g/mol. The maximum absolute atomic E-state index is 7.74. The average molecular weight is 327 g/mol. The number of anilines is 1. The lowest BCUT2D eigenvalue weighted by Crippen LogP contribution is -2.29. The highest BCUT2D eigenvalue weighted by atomic mass is 79.9. The van der Waals surface area contributed by atoms with Gasteiger partial charge >= 0.3 is 0 Å². The molecule has 0 heterocycles. The number of halogens is 1. The molecule has 0 radical (unpaired) electrons. The topological polar surface area (TPSA) is 56.4 Å². The van der Waals surface area contributed by atoms with E-state index in [2.05, 4.69) is 46.7 Å². The van der Waals surface area contributed by atoms with Crippen molar-refractivity contribution in [1.82, 2.24) is 4.90 Å². The third-order valence-electron chi connectivity index (χ3n) is 3.02. The zero-order valence-electron chi connectivity index (χ0n) is 11.9. The molecule has 0 aliphatic rings. The van der Waals surface area contributed by atoms with Crippen molar-refractivity contribution in [3.8, 4) is 0 Å². The summed E-state index contributed by atoms with van der Waals surface area (Å²) >= 11 is 3.48. The lowest BCUT2D eigenvalue weighted by molar-refractivity contribution is 0.400. The van der Waals surface area contributed by atoms with E-state index in [9.17, 15) is 0 Å². The van der Waals surface area contributed by atoms with Gasteiger partial charge < -0.3 is 15.5 Å². The normalized spacial score (nSPS) is 10.8. The first kappa shape index (κ1) is 16.0. The van der Waals surface area contributed by atoms with Gasteiger partial charge in [0.15, 0.2) is 0 Å². The van der Waals surface area contributed by atoms with Gasteiger partial charge in [0.25, 0.3) is 0 Å². The molecule has 0 unspecified atom stereocenters. The summed E-state index contributed by atoms with van der Waals surface area (Å²) in [5.74, 6) is 0.105. The van der Waals surface area contributed by atoms with Crippen LogP contribution in [0.1, 0.15) is 18.9 Å². The van der Waals surface area contributed by atoms with Crippen LogP contribution in [0.4, 0.5) is 5.69 Å².